The summed E-state index contributed by atoms with van der Waals surface area (Å²) < 4.78 is 5.75. The summed E-state index contributed by atoms with van der Waals surface area (Å²) in [6, 6.07) is 20.0. The number of carbonyl (C=O) groups excluding carboxylic acids is 1. The highest BCUT2D eigenvalue weighted by atomic mass is 16.5. The SMILES string of the molecule is N#CC1(NC(=O)CCc2ccc(OCc3ccccc3)cc2)CC1. The fourth-order valence-electron chi connectivity index (χ4n) is 2.47. The molecule has 0 heterocycles. The molecule has 0 bridgehead atoms. The van der Waals surface area contributed by atoms with Gasteiger partial charge in [-0.1, -0.05) is 42.5 Å². The number of amides is 1. The zero-order valence-corrected chi connectivity index (χ0v) is 13.5. The number of nitrogens with zero attached hydrogens (tertiary/aromatic N) is 1. The Kier molecular flexibility index (Phi) is 4.81. The molecule has 1 fully saturated rings. The van der Waals surface area contributed by atoms with E-state index < -0.39 is 5.54 Å². The van der Waals surface area contributed by atoms with Crippen LogP contribution < -0.4 is 10.1 Å². The smallest absolute Gasteiger partial charge is 0.221 e. The van der Waals surface area contributed by atoms with Gasteiger partial charge in [-0.25, -0.2) is 0 Å². The van der Waals surface area contributed by atoms with E-state index in [0.717, 1.165) is 29.7 Å². The summed E-state index contributed by atoms with van der Waals surface area (Å²) >= 11 is 0. The Labute approximate surface area is 142 Å². The standard InChI is InChI=1S/C20H20N2O2/c21-15-20(12-13-20)22-19(23)11-8-16-6-9-18(10-7-16)24-14-17-4-2-1-3-5-17/h1-7,9-10H,8,11-14H2,(H,22,23). The molecule has 24 heavy (non-hydrogen) atoms. The lowest BCUT2D eigenvalue weighted by atomic mass is 10.1. The van der Waals surface area contributed by atoms with E-state index in [2.05, 4.69) is 11.4 Å². The topological polar surface area (TPSA) is 62.1 Å². The number of aryl methyl sites for hydroxylation is 1. The summed E-state index contributed by atoms with van der Waals surface area (Å²) in [4.78, 5) is 11.9. The van der Waals surface area contributed by atoms with Crippen molar-refractivity contribution >= 4 is 5.91 Å². The van der Waals surface area contributed by atoms with Gasteiger partial charge in [0.1, 0.15) is 17.9 Å². The quantitative estimate of drug-likeness (QED) is 0.851. The van der Waals surface area contributed by atoms with E-state index in [1.165, 1.54) is 0 Å². The van der Waals surface area contributed by atoms with Crippen molar-refractivity contribution in [1.82, 2.24) is 5.32 Å². The Hall–Kier alpha value is -2.80. The van der Waals surface area contributed by atoms with Gasteiger partial charge < -0.3 is 10.1 Å². The maximum absolute atomic E-state index is 11.9. The van der Waals surface area contributed by atoms with Crippen LogP contribution in [0.5, 0.6) is 5.75 Å². The predicted molar refractivity (Wildman–Crippen MR) is 91.3 cm³/mol. The largest absolute Gasteiger partial charge is 0.489 e. The molecule has 1 saturated carbocycles. The average Bonchev–Trinajstić information content (AvgIpc) is 3.40. The van der Waals surface area contributed by atoms with Crippen LogP contribution >= 0.6 is 0 Å². The van der Waals surface area contributed by atoms with E-state index in [1.54, 1.807) is 0 Å². The summed E-state index contributed by atoms with van der Waals surface area (Å²) in [5.74, 6) is 0.756. The molecular formula is C20H20N2O2. The third kappa shape index (κ3) is 4.36. The maximum atomic E-state index is 11.9. The number of benzene rings is 2. The first-order valence-electron chi connectivity index (χ1n) is 8.17. The van der Waals surface area contributed by atoms with E-state index in [4.69, 9.17) is 10.00 Å². The predicted octanol–water partition coefficient (Wildman–Crippen LogP) is 3.37. The lowest BCUT2D eigenvalue weighted by molar-refractivity contribution is -0.121. The number of carbonyl (C=O) groups is 1. The van der Waals surface area contributed by atoms with Gasteiger partial charge in [0, 0.05) is 6.42 Å². The molecule has 1 aliphatic rings. The second-order valence-electron chi connectivity index (χ2n) is 6.16. The minimum Gasteiger partial charge on any atom is -0.489 e. The van der Waals surface area contributed by atoms with Crippen LogP contribution in [0.3, 0.4) is 0 Å². The summed E-state index contributed by atoms with van der Waals surface area (Å²) in [6.45, 7) is 0.541. The third-order valence-corrected chi connectivity index (χ3v) is 4.16. The average molecular weight is 320 g/mol. The van der Waals surface area contributed by atoms with Crippen LogP contribution in [0.1, 0.15) is 30.4 Å². The van der Waals surface area contributed by atoms with Gasteiger partial charge in [0.05, 0.1) is 6.07 Å². The monoisotopic (exact) mass is 320 g/mol. The highest BCUT2D eigenvalue weighted by Crippen LogP contribution is 2.34. The number of nitriles is 1. The van der Waals surface area contributed by atoms with Gasteiger partial charge in [-0.15, -0.1) is 0 Å². The molecule has 1 aliphatic carbocycles. The van der Waals surface area contributed by atoms with Crippen LogP contribution in [0, 0.1) is 11.3 Å². The van der Waals surface area contributed by atoms with Gasteiger partial charge in [0.25, 0.3) is 0 Å². The molecule has 2 aromatic carbocycles. The van der Waals surface area contributed by atoms with Gasteiger partial charge in [-0.3, -0.25) is 4.79 Å². The molecule has 0 aromatic heterocycles. The van der Waals surface area contributed by atoms with Crippen molar-refractivity contribution in [3.05, 3.63) is 65.7 Å². The summed E-state index contributed by atoms with van der Waals surface area (Å²) in [6.07, 6.45) is 2.59. The minimum absolute atomic E-state index is 0.0570. The molecule has 4 nitrogen and oxygen atoms in total. The van der Waals surface area contributed by atoms with Crippen molar-refractivity contribution in [3.8, 4) is 11.8 Å². The fraction of sp³-hybridized carbons (Fsp3) is 0.300. The summed E-state index contributed by atoms with van der Waals surface area (Å²) in [5.41, 5.74) is 1.63. The first kappa shape index (κ1) is 16.1. The Morgan fingerprint density at radius 1 is 1.08 bits per heavy atom. The molecule has 0 unspecified atom stereocenters. The van der Waals surface area contributed by atoms with Gasteiger partial charge in [-0.05, 0) is 42.5 Å². The van der Waals surface area contributed by atoms with Crippen molar-refractivity contribution in [2.45, 2.75) is 37.8 Å². The molecule has 0 saturated heterocycles. The fourth-order valence-corrected chi connectivity index (χ4v) is 2.47. The second-order valence-corrected chi connectivity index (χ2v) is 6.16. The zero-order valence-electron chi connectivity index (χ0n) is 13.5. The van der Waals surface area contributed by atoms with E-state index >= 15 is 0 Å². The lowest BCUT2D eigenvalue weighted by Crippen LogP contribution is -2.35. The molecule has 122 valence electrons. The van der Waals surface area contributed by atoms with Crippen LogP contribution in [0.15, 0.2) is 54.6 Å². The van der Waals surface area contributed by atoms with Gasteiger partial charge in [0.15, 0.2) is 0 Å². The Balaban J connectivity index is 1.44. The van der Waals surface area contributed by atoms with Crippen molar-refractivity contribution < 1.29 is 9.53 Å². The lowest BCUT2D eigenvalue weighted by Gasteiger charge is -2.09. The first-order chi connectivity index (χ1) is 11.7. The minimum atomic E-state index is -0.577. The highest BCUT2D eigenvalue weighted by molar-refractivity contribution is 5.78. The molecule has 0 aliphatic heterocycles. The molecule has 0 spiro atoms. The van der Waals surface area contributed by atoms with Crippen molar-refractivity contribution in [2.24, 2.45) is 0 Å². The molecular weight excluding hydrogens is 300 g/mol. The van der Waals surface area contributed by atoms with E-state index in [-0.39, 0.29) is 5.91 Å². The van der Waals surface area contributed by atoms with Crippen LogP contribution in [-0.2, 0) is 17.8 Å². The number of hydrogen-bond acceptors (Lipinski definition) is 3. The summed E-state index contributed by atoms with van der Waals surface area (Å²) in [7, 11) is 0. The Bertz CT molecular complexity index is 728. The molecule has 1 N–H and O–H groups in total. The third-order valence-electron chi connectivity index (χ3n) is 4.16. The van der Waals surface area contributed by atoms with E-state index in [0.29, 0.717) is 19.4 Å². The molecule has 4 heteroatoms. The van der Waals surface area contributed by atoms with Gasteiger partial charge in [0.2, 0.25) is 5.91 Å². The highest BCUT2D eigenvalue weighted by Gasteiger charge is 2.44. The normalized spacial score (nSPS) is 14.5. The number of ether oxygens (including phenoxy) is 1. The Morgan fingerprint density at radius 3 is 2.42 bits per heavy atom. The number of hydrogen-bond donors (Lipinski definition) is 1. The second kappa shape index (κ2) is 7.18. The number of nitrogens with one attached hydrogen (secondary N) is 1. The first-order valence-corrected chi connectivity index (χ1v) is 8.17. The van der Waals surface area contributed by atoms with Crippen LogP contribution in [0.4, 0.5) is 0 Å². The maximum Gasteiger partial charge on any atom is 0.221 e. The van der Waals surface area contributed by atoms with Gasteiger partial charge in [-0.2, -0.15) is 5.26 Å². The van der Waals surface area contributed by atoms with E-state index in [9.17, 15) is 4.79 Å². The van der Waals surface area contributed by atoms with Gasteiger partial charge >= 0.3 is 0 Å². The van der Waals surface area contributed by atoms with Crippen molar-refractivity contribution in [3.63, 3.8) is 0 Å². The zero-order chi connectivity index (χ0) is 16.8. The molecule has 2 aromatic rings. The molecule has 0 radical (unpaired) electrons. The van der Waals surface area contributed by atoms with Crippen LogP contribution in [-0.4, -0.2) is 11.4 Å². The number of rotatable bonds is 7. The van der Waals surface area contributed by atoms with E-state index in [1.807, 2.05) is 54.6 Å². The molecule has 0 atom stereocenters. The van der Waals surface area contributed by atoms with Crippen LogP contribution in [0.2, 0.25) is 0 Å². The van der Waals surface area contributed by atoms with Crippen molar-refractivity contribution in [2.75, 3.05) is 0 Å². The molecule has 3 rings (SSSR count). The Morgan fingerprint density at radius 2 is 1.79 bits per heavy atom. The van der Waals surface area contributed by atoms with Crippen LogP contribution in [0.25, 0.3) is 0 Å². The van der Waals surface area contributed by atoms with Crippen molar-refractivity contribution in [1.29, 1.82) is 5.26 Å². The molecule has 1 amide bonds. The summed E-state index contributed by atoms with van der Waals surface area (Å²) in [5, 5.41) is 11.8.